The van der Waals surface area contributed by atoms with Crippen molar-refractivity contribution in [3.63, 3.8) is 0 Å². The lowest BCUT2D eigenvalue weighted by Gasteiger charge is -2.23. The Kier molecular flexibility index (Phi) is 5.71. The van der Waals surface area contributed by atoms with Crippen molar-refractivity contribution in [1.82, 2.24) is 10.6 Å². The van der Waals surface area contributed by atoms with Gasteiger partial charge in [0.1, 0.15) is 0 Å². The number of methoxy groups -OCH3 is 1. The van der Waals surface area contributed by atoms with Crippen LogP contribution in [0.3, 0.4) is 0 Å². The normalized spacial score (nSPS) is 19.9. The lowest BCUT2D eigenvalue weighted by Crippen LogP contribution is -2.44. The molecule has 0 aromatic carbocycles. The molecule has 0 saturated heterocycles. The molecule has 0 heterocycles. The lowest BCUT2D eigenvalue weighted by atomic mass is 9.89. The predicted octanol–water partition coefficient (Wildman–Crippen LogP) is 0.873. The van der Waals surface area contributed by atoms with Crippen LogP contribution in [0.5, 0.6) is 0 Å². The van der Waals surface area contributed by atoms with Gasteiger partial charge in [0.05, 0.1) is 12.7 Å². The van der Waals surface area contributed by atoms with Crippen molar-refractivity contribution in [3.8, 4) is 0 Å². The fraction of sp³-hybridized carbons (Fsp3) is 0.917. The predicted molar refractivity (Wildman–Crippen MR) is 65.9 cm³/mol. The number of urea groups is 1. The number of hydrogen-bond acceptors (Lipinski definition) is 3. The Bertz CT molecular complexity index is 240. The Labute approximate surface area is 103 Å². The van der Waals surface area contributed by atoms with Gasteiger partial charge in [-0.25, -0.2) is 4.79 Å². The van der Waals surface area contributed by atoms with Crippen molar-refractivity contribution in [2.75, 3.05) is 26.8 Å². The summed E-state index contributed by atoms with van der Waals surface area (Å²) in [5.74, 6) is 0. The van der Waals surface area contributed by atoms with Gasteiger partial charge in [0.25, 0.3) is 0 Å². The van der Waals surface area contributed by atoms with Gasteiger partial charge in [-0.2, -0.15) is 0 Å². The van der Waals surface area contributed by atoms with Crippen molar-refractivity contribution in [1.29, 1.82) is 0 Å². The summed E-state index contributed by atoms with van der Waals surface area (Å²) in [6.07, 6.45) is 4.23. The highest BCUT2D eigenvalue weighted by Gasteiger charge is 2.28. The van der Waals surface area contributed by atoms with Gasteiger partial charge in [-0.05, 0) is 18.3 Å². The Morgan fingerprint density at radius 3 is 2.65 bits per heavy atom. The second kappa shape index (κ2) is 6.81. The number of nitrogens with one attached hydrogen (secondary N) is 2. The van der Waals surface area contributed by atoms with Gasteiger partial charge in [0.15, 0.2) is 0 Å². The third-order valence-corrected chi connectivity index (χ3v) is 3.34. The number of rotatable bonds is 6. The van der Waals surface area contributed by atoms with Crippen LogP contribution in [0.2, 0.25) is 0 Å². The van der Waals surface area contributed by atoms with E-state index in [1.54, 1.807) is 0 Å². The first-order chi connectivity index (χ1) is 8.06. The highest BCUT2D eigenvalue weighted by Crippen LogP contribution is 2.36. The van der Waals surface area contributed by atoms with Gasteiger partial charge >= 0.3 is 6.03 Å². The zero-order chi connectivity index (χ0) is 12.7. The van der Waals surface area contributed by atoms with Crippen LogP contribution < -0.4 is 10.6 Å². The highest BCUT2D eigenvalue weighted by atomic mass is 16.5. The molecule has 1 rings (SSSR count). The van der Waals surface area contributed by atoms with E-state index in [2.05, 4.69) is 17.6 Å². The molecular formula is C12H24N2O3. The largest absolute Gasteiger partial charge is 0.389 e. The van der Waals surface area contributed by atoms with Crippen molar-refractivity contribution in [2.45, 2.75) is 38.7 Å². The number of amides is 2. The SMILES string of the molecule is COCC(O)CNC(=O)NCC1(C)CCCC1. The van der Waals surface area contributed by atoms with Crippen molar-refractivity contribution < 1.29 is 14.6 Å². The van der Waals surface area contributed by atoms with Gasteiger partial charge in [-0.1, -0.05) is 19.8 Å². The molecule has 0 spiro atoms. The molecule has 2 amide bonds. The van der Waals surface area contributed by atoms with E-state index < -0.39 is 6.10 Å². The smallest absolute Gasteiger partial charge is 0.314 e. The number of ether oxygens (including phenoxy) is 1. The van der Waals surface area contributed by atoms with E-state index >= 15 is 0 Å². The van der Waals surface area contributed by atoms with Crippen LogP contribution in [0, 0.1) is 5.41 Å². The quantitative estimate of drug-likeness (QED) is 0.649. The van der Waals surface area contributed by atoms with E-state index in [-0.39, 0.29) is 24.6 Å². The van der Waals surface area contributed by atoms with E-state index in [0.717, 1.165) is 0 Å². The van der Waals surface area contributed by atoms with Crippen LogP contribution in [0.4, 0.5) is 4.79 Å². The molecule has 3 N–H and O–H groups in total. The molecule has 0 bridgehead atoms. The molecular weight excluding hydrogens is 220 g/mol. The number of carbonyl (C=O) groups excluding carboxylic acids is 1. The van der Waals surface area contributed by atoms with Gasteiger partial charge in [-0.15, -0.1) is 0 Å². The molecule has 1 aliphatic carbocycles. The molecule has 100 valence electrons. The Morgan fingerprint density at radius 1 is 1.41 bits per heavy atom. The summed E-state index contributed by atoms with van der Waals surface area (Å²) < 4.78 is 4.77. The van der Waals surface area contributed by atoms with Crippen molar-refractivity contribution >= 4 is 6.03 Å². The summed E-state index contributed by atoms with van der Waals surface area (Å²) in [4.78, 5) is 11.5. The van der Waals surface area contributed by atoms with Crippen LogP contribution >= 0.6 is 0 Å². The lowest BCUT2D eigenvalue weighted by molar-refractivity contribution is 0.0659. The zero-order valence-electron chi connectivity index (χ0n) is 10.8. The second-order valence-corrected chi connectivity index (χ2v) is 5.19. The molecule has 1 fully saturated rings. The fourth-order valence-electron chi connectivity index (χ4n) is 2.22. The Morgan fingerprint density at radius 2 is 2.06 bits per heavy atom. The highest BCUT2D eigenvalue weighted by molar-refractivity contribution is 5.73. The third-order valence-electron chi connectivity index (χ3n) is 3.34. The van der Waals surface area contributed by atoms with E-state index in [9.17, 15) is 9.90 Å². The number of hydrogen-bond donors (Lipinski definition) is 3. The number of carbonyl (C=O) groups is 1. The summed E-state index contributed by atoms with van der Waals surface area (Å²) in [5.41, 5.74) is 0.252. The first kappa shape index (κ1) is 14.3. The van der Waals surface area contributed by atoms with Crippen LogP contribution in [0.25, 0.3) is 0 Å². The maximum Gasteiger partial charge on any atom is 0.314 e. The molecule has 5 heteroatoms. The molecule has 5 nitrogen and oxygen atoms in total. The van der Waals surface area contributed by atoms with Gasteiger partial charge in [0.2, 0.25) is 0 Å². The maximum atomic E-state index is 11.5. The summed E-state index contributed by atoms with van der Waals surface area (Å²) in [6.45, 7) is 3.37. The summed E-state index contributed by atoms with van der Waals surface area (Å²) in [7, 11) is 1.52. The molecule has 0 aromatic heterocycles. The second-order valence-electron chi connectivity index (χ2n) is 5.19. The molecule has 17 heavy (non-hydrogen) atoms. The molecule has 0 aliphatic heterocycles. The van der Waals surface area contributed by atoms with Crippen molar-refractivity contribution in [2.24, 2.45) is 5.41 Å². The molecule has 0 radical (unpaired) electrons. The van der Waals surface area contributed by atoms with Gasteiger partial charge < -0.3 is 20.5 Å². The molecule has 1 atom stereocenters. The topological polar surface area (TPSA) is 70.6 Å². The third kappa shape index (κ3) is 5.37. The summed E-state index contributed by atoms with van der Waals surface area (Å²) in [5, 5.41) is 14.8. The average molecular weight is 244 g/mol. The minimum Gasteiger partial charge on any atom is -0.389 e. The van der Waals surface area contributed by atoms with Gasteiger partial charge in [-0.3, -0.25) is 0 Å². The summed E-state index contributed by atoms with van der Waals surface area (Å²) in [6, 6.07) is -0.215. The fourth-order valence-corrected chi connectivity index (χ4v) is 2.22. The Balaban J connectivity index is 2.12. The standard InChI is InChI=1S/C12H24N2O3/c1-12(5-3-4-6-12)9-14-11(16)13-7-10(15)8-17-2/h10,15H,3-9H2,1-2H3,(H2,13,14,16). The first-order valence-corrected chi connectivity index (χ1v) is 6.24. The number of aliphatic hydroxyl groups excluding tert-OH is 1. The van der Waals surface area contributed by atoms with Crippen LogP contribution in [-0.2, 0) is 4.74 Å². The van der Waals surface area contributed by atoms with Crippen LogP contribution in [-0.4, -0.2) is 44.0 Å². The van der Waals surface area contributed by atoms with E-state index in [4.69, 9.17) is 4.74 Å². The molecule has 1 saturated carbocycles. The molecule has 1 unspecified atom stereocenters. The van der Waals surface area contributed by atoms with E-state index in [0.29, 0.717) is 6.54 Å². The van der Waals surface area contributed by atoms with E-state index in [1.165, 1.54) is 32.8 Å². The maximum absolute atomic E-state index is 11.5. The van der Waals surface area contributed by atoms with Crippen molar-refractivity contribution in [3.05, 3.63) is 0 Å². The zero-order valence-corrected chi connectivity index (χ0v) is 10.8. The monoisotopic (exact) mass is 244 g/mol. The summed E-state index contributed by atoms with van der Waals surface area (Å²) >= 11 is 0. The minimum absolute atomic E-state index is 0.215. The minimum atomic E-state index is -0.646. The first-order valence-electron chi connectivity index (χ1n) is 6.24. The number of aliphatic hydroxyl groups is 1. The van der Waals surface area contributed by atoms with Crippen LogP contribution in [0.15, 0.2) is 0 Å². The van der Waals surface area contributed by atoms with Gasteiger partial charge in [0, 0.05) is 20.2 Å². The average Bonchev–Trinajstić information content (AvgIpc) is 2.72. The van der Waals surface area contributed by atoms with Crippen LogP contribution in [0.1, 0.15) is 32.6 Å². The molecule has 1 aliphatic rings. The Hall–Kier alpha value is -0.810. The molecule has 0 aromatic rings. The van der Waals surface area contributed by atoms with E-state index in [1.807, 2.05) is 0 Å².